The molecule has 1 aromatic rings. The number of halogens is 1. The number of hydrogen-bond acceptors (Lipinski definition) is 2. The molecule has 3 N–H and O–H groups in total. The summed E-state index contributed by atoms with van der Waals surface area (Å²) in [6.45, 7) is 0. The van der Waals surface area contributed by atoms with Crippen LogP contribution in [0, 0.1) is 0 Å². The third kappa shape index (κ3) is 1.97. The number of aromatic carboxylic acids is 1. The smallest absolute Gasteiger partial charge is 0.337 e. The molecular formula is C8H6ClNO3. The minimum atomic E-state index is -1.19. The van der Waals surface area contributed by atoms with Crippen LogP contribution in [0.1, 0.15) is 20.7 Å². The lowest BCUT2D eigenvalue weighted by molar-refractivity contribution is 0.0697. The molecule has 0 saturated heterocycles. The zero-order chi connectivity index (χ0) is 10.0. The number of carboxylic acid groups (broad SMARTS) is 1. The minimum Gasteiger partial charge on any atom is -0.478 e. The van der Waals surface area contributed by atoms with Crippen molar-refractivity contribution in [2.45, 2.75) is 0 Å². The molecule has 1 amide bonds. The van der Waals surface area contributed by atoms with E-state index in [1.54, 1.807) is 0 Å². The quantitative estimate of drug-likeness (QED) is 0.750. The number of nitrogens with two attached hydrogens (primary N) is 1. The molecule has 0 saturated carbocycles. The van der Waals surface area contributed by atoms with E-state index in [2.05, 4.69) is 0 Å². The summed E-state index contributed by atoms with van der Waals surface area (Å²) in [6.07, 6.45) is 0. The Morgan fingerprint density at radius 2 is 2.00 bits per heavy atom. The normalized spacial score (nSPS) is 9.62. The number of primary amides is 1. The first-order valence-electron chi connectivity index (χ1n) is 3.35. The largest absolute Gasteiger partial charge is 0.478 e. The maximum Gasteiger partial charge on any atom is 0.337 e. The Labute approximate surface area is 78.9 Å². The maximum absolute atomic E-state index is 10.7. The first-order chi connectivity index (χ1) is 6.02. The monoisotopic (exact) mass is 199 g/mol. The van der Waals surface area contributed by atoms with Crippen LogP contribution < -0.4 is 5.73 Å². The highest BCUT2D eigenvalue weighted by molar-refractivity contribution is 6.33. The van der Waals surface area contributed by atoms with Gasteiger partial charge < -0.3 is 10.8 Å². The molecule has 0 aliphatic carbocycles. The molecule has 0 aromatic heterocycles. The first kappa shape index (κ1) is 9.54. The molecule has 5 heteroatoms. The fourth-order valence-corrected chi connectivity index (χ4v) is 1.04. The fraction of sp³-hybridized carbons (Fsp3) is 0. The molecule has 1 rings (SSSR count). The van der Waals surface area contributed by atoms with Crippen molar-refractivity contribution in [3.63, 3.8) is 0 Å². The fourth-order valence-electron chi connectivity index (χ4n) is 0.842. The summed E-state index contributed by atoms with van der Waals surface area (Å²) in [4.78, 5) is 21.2. The van der Waals surface area contributed by atoms with Crippen LogP contribution in [0.2, 0.25) is 5.02 Å². The number of carbonyl (C=O) groups excluding carboxylic acids is 1. The van der Waals surface area contributed by atoms with Crippen molar-refractivity contribution in [2.75, 3.05) is 0 Å². The molecule has 68 valence electrons. The average Bonchev–Trinajstić information content (AvgIpc) is 2.04. The summed E-state index contributed by atoms with van der Waals surface area (Å²) in [5.74, 6) is -1.87. The van der Waals surface area contributed by atoms with E-state index in [1.165, 1.54) is 12.1 Å². The molecule has 0 radical (unpaired) electrons. The second kappa shape index (κ2) is 3.45. The van der Waals surface area contributed by atoms with Gasteiger partial charge in [-0.1, -0.05) is 11.6 Å². The van der Waals surface area contributed by atoms with Gasteiger partial charge in [-0.25, -0.2) is 4.79 Å². The molecule has 0 heterocycles. The second-order valence-corrected chi connectivity index (χ2v) is 2.77. The van der Waals surface area contributed by atoms with E-state index in [9.17, 15) is 9.59 Å². The standard InChI is InChI=1S/C8H6ClNO3/c9-6-2-1-4(7(10)11)3-5(6)8(12)13/h1-3H,(H2,10,11)(H,12,13). The van der Waals surface area contributed by atoms with Crippen molar-refractivity contribution >= 4 is 23.5 Å². The van der Waals surface area contributed by atoms with Gasteiger partial charge >= 0.3 is 5.97 Å². The summed E-state index contributed by atoms with van der Waals surface area (Å²) >= 11 is 5.56. The molecule has 0 unspecified atom stereocenters. The molecule has 0 aliphatic heterocycles. The minimum absolute atomic E-state index is 0.0810. The first-order valence-corrected chi connectivity index (χ1v) is 3.73. The Morgan fingerprint density at radius 3 is 2.46 bits per heavy atom. The Morgan fingerprint density at radius 1 is 1.38 bits per heavy atom. The maximum atomic E-state index is 10.7. The van der Waals surface area contributed by atoms with Crippen LogP contribution in [0.25, 0.3) is 0 Å². The number of rotatable bonds is 2. The van der Waals surface area contributed by atoms with Crippen LogP contribution in [0.15, 0.2) is 18.2 Å². The lowest BCUT2D eigenvalue weighted by atomic mass is 10.1. The van der Waals surface area contributed by atoms with Crippen molar-refractivity contribution in [3.8, 4) is 0 Å². The van der Waals surface area contributed by atoms with E-state index in [1.807, 2.05) is 0 Å². The Bertz CT molecular complexity index is 376. The van der Waals surface area contributed by atoms with Gasteiger partial charge in [0.15, 0.2) is 0 Å². The zero-order valence-corrected chi connectivity index (χ0v) is 7.21. The van der Waals surface area contributed by atoms with E-state index in [4.69, 9.17) is 22.4 Å². The van der Waals surface area contributed by atoms with Crippen LogP contribution in [0.3, 0.4) is 0 Å². The van der Waals surface area contributed by atoms with Crippen molar-refractivity contribution < 1.29 is 14.7 Å². The summed E-state index contributed by atoms with van der Waals surface area (Å²) in [7, 11) is 0. The van der Waals surface area contributed by atoms with E-state index in [0.29, 0.717) is 0 Å². The lowest BCUT2D eigenvalue weighted by Crippen LogP contribution is -2.12. The van der Waals surface area contributed by atoms with Gasteiger partial charge in [-0.3, -0.25) is 4.79 Å². The van der Waals surface area contributed by atoms with Crippen molar-refractivity contribution in [3.05, 3.63) is 34.3 Å². The Balaban J connectivity index is 3.27. The molecule has 1 aromatic carbocycles. The van der Waals surface area contributed by atoms with Crippen LogP contribution >= 0.6 is 11.6 Å². The zero-order valence-electron chi connectivity index (χ0n) is 6.45. The topological polar surface area (TPSA) is 80.4 Å². The van der Waals surface area contributed by atoms with Crippen molar-refractivity contribution in [2.24, 2.45) is 5.73 Å². The predicted octanol–water partition coefficient (Wildman–Crippen LogP) is 1.14. The van der Waals surface area contributed by atoms with E-state index in [-0.39, 0.29) is 16.1 Å². The number of amides is 1. The number of carboxylic acids is 1. The van der Waals surface area contributed by atoms with E-state index < -0.39 is 11.9 Å². The highest BCUT2D eigenvalue weighted by Crippen LogP contribution is 2.17. The van der Waals surface area contributed by atoms with E-state index >= 15 is 0 Å². The number of hydrogen-bond donors (Lipinski definition) is 2. The molecule has 0 bridgehead atoms. The van der Waals surface area contributed by atoms with Gasteiger partial charge in [0.1, 0.15) is 0 Å². The van der Waals surface area contributed by atoms with Gasteiger partial charge in [0.05, 0.1) is 10.6 Å². The second-order valence-electron chi connectivity index (χ2n) is 2.36. The molecular weight excluding hydrogens is 194 g/mol. The van der Waals surface area contributed by atoms with Gasteiger partial charge in [0.25, 0.3) is 0 Å². The third-order valence-corrected chi connectivity index (χ3v) is 1.81. The van der Waals surface area contributed by atoms with Gasteiger partial charge in [0.2, 0.25) is 5.91 Å². The van der Waals surface area contributed by atoms with Gasteiger partial charge in [0, 0.05) is 5.56 Å². The molecule has 0 aliphatic rings. The van der Waals surface area contributed by atoms with Crippen LogP contribution in [-0.4, -0.2) is 17.0 Å². The number of carbonyl (C=O) groups is 2. The Hall–Kier alpha value is -1.55. The summed E-state index contributed by atoms with van der Waals surface area (Å²) in [6, 6.07) is 3.84. The summed E-state index contributed by atoms with van der Waals surface area (Å²) in [5, 5.41) is 8.72. The SMILES string of the molecule is NC(=O)c1ccc(Cl)c(C(=O)O)c1. The van der Waals surface area contributed by atoms with Crippen molar-refractivity contribution in [1.82, 2.24) is 0 Å². The highest BCUT2D eigenvalue weighted by atomic mass is 35.5. The average molecular weight is 200 g/mol. The predicted molar refractivity (Wildman–Crippen MR) is 46.9 cm³/mol. The summed E-state index contributed by atoms with van der Waals surface area (Å²) < 4.78 is 0. The van der Waals surface area contributed by atoms with Gasteiger partial charge in [-0.2, -0.15) is 0 Å². The molecule has 0 fully saturated rings. The Kier molecular flexibility index (Phi) is 2.53. The van der Waals surface area contributed by atoms with Gasteiger partial charge in [-0.05, 0) is 18.2 Å². The van der Waals surface area contributed by atoms with E-state index in [0.717, 1.165) is 6.07 Å². The third-order valence-electron chi connectivity index (χ3n) is 1.48. The van der Waals surface area contributed by atoms with Gasteiger partial charge in [-0.15, -0.1) is 0 Å². The van der Waals surface area contributed by atoms with Crippen LogP contribution in [-0.2, 0) is 0 Å². The molecule has 0 atom stereocenters. The summed E-state index contributed by atoms with van der Waals surface area (Å²) in [5.41, 5.74) is 4.96. The lowest BCUT2D eigenvalue weighted by Gasteiger charge is -2.00. The van der Waals surface area contributed by atoms with Crippen molar-refractivity contribution in [1.29, 1.82) is 0 Å². The highest BCUT2D eigenvalue weighted by Gasteiger charge is 2.11. The molecule has 0 spiro atoms. The number of benzene rings is 1. The van der Waals surface area contributed by atoms with Crippen LogP contribution in [0.4, 0.5) is 0 Å². The van der Waals surface area contributed by atoms with Crippen LogP contribution in [0.5, 0.6) is 0 Å². The molecule has 4 nitrogen and oxygen atoms in total. The molecule has 13 heavy (non-hydrogen) atoms.